The molecule has 3 aromatic rings. The van der Waals surface area contributed by atoms with Gasteiger partial charge in [0.25, 0.3) is 0 Å². The van der Waals surface area contributed by atoms with Crippen LogP contribution in [-0.4, -0.2) is 26.4 Å². The molecule has 1 aliphatic heterocycles. The zero-order chi connectivity index (χ0) is 18.1. The molecule has 1 aliphatic rings. The molecule has 1 N–H and O–H groups in total. The molecule has 0 bridgehead atoms. The average Bonchev–Trinajstić information content (AvgIpc) is 3.04. The van der Waals surface area contributed by atoms with Gasteiger partial charge in [0.05, 0.1) is 23.1 Å². The minimum absolute atomic E-state index is 0.346. The number of fused-ring (bicyclic) bond motifs is 2. The third kappa shape index (κ3) is 3.68. The van der Waals surface area contributed by atoms with E-state index in [1.54, 1.807) is 6.33 Å². The van der Waals surface area contributed by atoms with Crippen LogP contribution in [0.5, 0.6) is 0 Å². The summed E-state index contributed by atoms with van der Waals surface area (Å²) in [7, 11) is 0. The molecule has 2 aromatic heterocycles. The maximum absolute atomic E-state index is 4.53. The maximum atomic E-state index is 4.53. The summed E-state index contributed by atoms with van der Waals surface area (Å²) in [4.78, 5) is 16.0. The fourth-order valence-corrected chi connectivity index (χ4v) is 3.28. The van der Waals surface area contributed by atoms with E-state index in [4.69, 9.17) is 0 Å². The lowest BCUT2D eigenvalue weighted by Gasteiger charge is -2.22. The second-order valence-corrected chi connectivity index (χ2v) is 8.21. The summed E-state index contributed by atoms with van der Waals surface area (Å²) in [6.07, 6.45) is 4.69. The number of pyridine rings is 1. The van der Waals surface area contributed by atoms with Gasteiger partial charge in [-0.05, 0) is 30.5 Å². The molecular weight excluding hydrogens is 322 g/mol. The summed E-state index contributed by atoms with van der Waals surface area (Å²) in [5.74, 6) is 0.894. The van der Waals surface area contributed by atoms with Crippen LogP contribution in [0.15, 0.2) is 42.9 Å². The molecule has 134 valence electrons. The number of para-hydroxylation sites is 1. The largest absolute Gasteiger partial charge is 0.339 e. The summed E-state index contributed by atoms with van der Waals surface area (Å²) in [5.41, 5.74) is 4.63. The first-order chi connectivity index (χ1) is 12.5. The van der Waals surface area contributed by atoms with Gasteiger partial charge in [-0.2, -0.15) is 0 Å². The third-order valence-corrected chi connectivity index (χ3v) is 4.82. The van der Waals surface area contributed by atoms with Crippen molar-refractivity contribution in [1.29, 1.82) is 0 Å². The smallest absolute Gasteiger partial charge is 0.138 e. The molecule has 5 heteroatoms. The Morgan fingerprint density at radius 2 is 1.92 bits per heavy atom. The van der Waals surface area contributed by atoms with E-state index in [9.17, 15) is 0 Å². The zero-order valence-electron chi connectivity index (χ0n) is 15.7. The molecule has 0 saturated heterocycles. The van der Waals surface area contributed by atoms with Gasteiger partial charge in [0.15, 0.2) is 0 Å². The molecule has 0 fully saturated rings. The van der Waals surface area contributed by atoms with E-state index in [-0.39, 0.29) is 0 Å². The van der Waals surface area contributed by atoms with Crippen molar-refractivity contribution in [3.05, 3.63) is 54.1 Å². The summed E-state index contributed by atoms with van der Waals surface area (Å²) in [5, 5.41) is 4.57. The van der Waals surface area contributed by atoms with Crippen LogP contribution >= 0.6 is 0 Å². The normalized spacial score (nSPS) is 14.6. The topological polar surface area (TPSA) is 53.9 Å². The number of nitrogens with zero attached hydrogens (tertiary/aromatic N) is 4. The van der Waals surface area contributed by atoms with Crippen LogP contribution in [0.1, 0.15) is 38.4 Å². The van der Waals surface area contributed by atoms with Crippen LogP contribution in [0.4, 0.5) is 11.5 Å². The van der Waals surface area contributed by atoms with Crippen LogP contribution in [-0.2, 0) is 13.1 Å². The first-order valence-corrected chi connectivity index (χ1v) is 9.15. The Hall–Kier alpha value is -2.53. The van der Waals surface area contributed by atoms with Crippen molar-refractivity contribution in [3.8, 4) is 0 Å². The van der Waals surface area contributed by atoms with E-state index in [0.717, 1.165) is 47.7 Å². The van der Waals surface area contributed by atoms with Gasteiger partial charge in [-0.3, -0.25) is 9.88 Å². The Kier molecular flexibility index (Phi) is 4.32. The molecule has 5 nitrogen and oxygen atoms in total. The molecule has 0 unspecified atom stereocenters. The maximum Gasteiger partial charge on any atom is 0.138 e. The van der Waals surface area contributed by atoms with Gasteiger partial charge < -0.3 is 5.32 Å². The van der Waals surface area contributed by atoms with Crippen LogP contribution < -0.4 is 5.32 Å². The van der Waals surface area contributed by atoms with Crippen molar-refractivity contribution >= 4 is 22.4 Å². The number of rotatable bonds is 4. The molecule has 3 heterocycles. The fourth-order valence-electron chi connectivity index (χ4n) is 3.28. The minimum atomic E-state index is 0.346. The number of hydrogen-bond donors (Lipinski definition) is 1. The van der Waals surface area contributed by atoms with Gasteiger partial charge in [0.1, 0.15) is 12.1 Å². The molecule has 0 radical (unpaired) electrons. The van der Waals surface area contributed by atoms with Crippen LogP contribution in [0.25, 0.3) is 10.9 Å². The number of anilines is 2. The summed E-state index contributed by atoms with van der Waals surface area (Å²) < 4.78 is 0. The number of benzene rings is 1. The molecule has 0 amide bonds. The van der Waals surface area contributed by atoms with Gasteiger partial charge in [0, 0.05) is 24.0 Å². The van der Waals surface area contributed by atoms with E-state index in [1.165, 1.54) is 12.0 Å². The second kappa shape index (κ2) is 6.65. The SMILES string of the molecule is CC(C)(C)CCN1Cc2ncnc(Nc3cnc4ccccc4c3)c2C1. The Labute approximate surface area is 154 Å². The Bertz CT molecular complexity index is 929. The Morgan fingerprint density at radius 1 is 1.08 bits per heavy atom. The highest BCUT2D eigenvalue weighted by atomic mass is 15.2. The third-order valence-electron chi connectivity index (χ3n) is 4.82. The number of nitrogens with one attached hydrogen (secondary N) is 1. The first-order valence-electron chi connectivity index (χ1n) is 9.15. The Balaban J connectivity index is 1.53. The predicted octanol–water partition coefficient (Wildman–Crippen LogP) is 4.52. The predicted molar refractivity (Wildman–Crippen MR) is 105 cm³/mol. The average molecular weight is 347 g/mol. The molecule has 0 aliphatic carbocycles. The van der Waals surface area contributed by atoms with Crippen molar-refractivity contribution in [2.75, 3.05) is 11.9 Å². The van der Waals surface area contributed by atoms with Crippen molar-refractivity contribution in [3.63, 3.8) is 0 Å². The van der Waals surface area contributed by atoms with Crippen molar-refractivity contribution < 1.29 is 0 Å². The molecule has 26 heavy (non-hydrogen) atoms. The molecular formula is C21H25N5. The van der Waals surface area contributed by atoms with Gasteiger partial charge in [-0.15, -0.1) is 0 Å². The van der Waals surface area contributed by atoms with Crippen LogP contribution in [0.3, 0.4) is 0 Å². The van der Waals surface area contributed by atoms with E-state index < -0.39 is 0 Å². The van der Waals surface area contributed by atoms with Crippen LogP contribution in [0.2, 0.25) is 0 Å². The van der Waals surface area contributed by atoms with Gasteiger partial charge in [-0.25, -0.2) is 9.97 Å². The van der Waals surface area contributed by atoms with Gasteiger partial charge in [0.2, 0.25) is 0 Å². The van der Waals surface area contributed by atoms with E-state index in [2.05, 4.69) is 58.1 Å². The first kappa shape index (κ1) is 16.9. The van der Waals surface area contributed by atoms with Crippen molar-refractivity contribution in [2.24, 2.45) is 5.41 Å². The molecule has 0 spiro atoms. The number of aromatic nitrogens is 3. The Morgan fingerprint density at radius 3 is 2.77 bits per heavy atom. The summed E-state index contributed by atoms with van der Waals surface area (Å²) >= 11 is 0. The lowest BCUT2D eigenvalue weighted by molar-refractivity contribution is 0.231. The van der Waals surface area contributed by atoms with Crippen LogP contribution in [0, 0.1) is 5.41 Å². The fraction of sp³-hybridized carbons (Fsp3) is 0.381. The highest BCUT2D eigenvalue weighted by Gasteiger charge is 2.25. The monoisotopic (exact) mass is 347 g/mol. The van der Waals surface area contributed by atoms with Gasteiger partial charge in [-0.1, -0.05) is 39.0 Å². The minimum Gasteiger partial charge on any atom is -0.339 e. The lowest BCUT2D eigenvalue weighted by atomic mass is 9.92. The molecule has 0 saturated carbocycles. The molecule has 0 atom stereocenters. The second-order valence-electron chi connectivity index (χ2n) is 8.21. The quantitative estimate of drug-likeness (QED) is 0.752. The highest BCUT2D eigenvalue weighted by molar-refractivity contribution is 5.82. The summed E-state index contributed by atoms with van der Waals surface area (Å²) in [6, 6.07) is 10.2. The lowest BCUT2D eigenvalue weighted by Crippen LogP contribution is -2.22. The zero-order valence-corrected chi connectivity index (χ0v) is 15.7. The van der Waals surface area contributed by atoms with E-state index >= 15 is 0 Å². The van der Waals surface area contributed by atoms with E-state index in [1.807, 2.05) is 24.4 Å². The van der Waals surface area contributed by atoms with E-state index in [0.29, 0.717) is 5.41 Å². The van der Waals surface area contributed by atoms with Crippen molar-refractivity contribution in [2.45, 2.75) is 40.3 Å². The summed E-state index contributed by atoms with van der Waals surface area (Å²) in [6.45, 7) is 9.74. The number of hydrogen-bond acceptors (Lipinski definition) is 5. The van der Waals surface area contributed by atoms with Gasteiger partial charge >= 0.3 is 0 Å². The highest BCUT2D eigenvalue weighted by Crippen LogP contribution is 2.30. The molecule has 1 aromatic carbocycles. The van der Waals surface area contributed by atoms with Crippen molar-refractivity contribution in [1.82, 2.24) is 19.9 Å². The standard InChI is InChI=1S/C21H25N5/c1-21(2,3)8-9-26-12-17-19(13-26)23-14-24-20(17)25-16-10-15-6-4-5-7-18(15)22-11-16/h4-7,10-11,14H,8-9,12-13H2,1-3H3,(H,23,24,25). The molecule has 4 rings (SSSR count).